The number of carbonyl (C=O) groups excluding carboxylic acids is 3. The van der Waals surface area contributed by atoms with Gasteiger partial charge in [0.1, 0.15) is 0 Å². The van der Waals surface area contributed by atoms with Gasteiger partial charge in [-0.15, -0.1) is 0 Å². The third-order valence-corrected chi connectivity index (χ3v) is 1.61. The fourth-order valence-corrected chi connectivity index (χ4v) is 0.736. The summed E-state index contributed by atoms with van der Waals surface area (Å²) in [6.07, 6.45) is 17.2. The molecule has 1 radical (unpaired) electrons. The van der Waals surface area contributed by atoms with E-state index in [9.17, 15) is 29.7 Å². The van der Waals surface area contributed by atoms with Crippen molar-refractivity contribution in [1.82, 2.24) is 0 Å². The maximum absolute atomic E-state index is 9.64. The molecule has 0 N–H and O–H groups in total. The van der Waals surface area contributed by atoms with Gasteiger partial charge in [-0.1, -0.05) is 54.7 Å². The molecule has 25 heavy (non-hydrogen) atoms. The van der Waals surface area contributed by atoms with E-state index in [1.165, 1.54) is 18.2 Å². The number of rotatable bonds is 6. The van der Waals surface area contributed by atoms with Gasteiger partial charge in [0, 0.05) is 0 Å². The summed E-state index contributed by atoms with van der Waals surface area (Å²) in [5.41, 5.74) is 0. The molecule has 0 bridgehead atoms. The minimum absolute atomic E-state index is 0. The number of carboxylic acid groups (broad SMARTS) is 3. The molecule has 0 amide bonds. The van der Waals surface area contributed by atoms with E-state index in [1.807, 2.05) is 0 Å². The minimum Gasteiger partial charge on any atom is -0.545 e. The van der Waals surface area contributed by atoms with Crippen molar-refractivity contribution in [2.75, 3.05) is 0 Å². The molecule has 0 fully saturated rings. The average molecular weight is 389 g/mol. The normalized spacial score (nSPS) is 10.7. The molecule has 0 heterocycles. The third-order valence-electron chi connectivity index (χ3n) is 1.61. The summed E-state index contributed by atoms with van der Waals surface area (Å²) in [5, 5.41) is 28.9. The number of allylic oxidation sites excluding steroid dienone is 9. The topological polar surface area (TPSA) is 120 Å². The van der Waals surface area contributed by atoms with E-state index in [0.717, 1.165) is 18.2 Å². The molecule has 0 saturated heterocycles. The Bertz CT molecular complexity index is 450. The standard InChI is InChI=1S/3C6H8O2.Fe/c3*1-2-3-4-5-6(7)8;/h3*2-5H,1H3,(H,7,8);/q;;;+3/p-3/b3*3-2+,5-4+;. The van der Waals surface area contributed by atoms with Crippen LogP contribution in [0.15, 0.2) is 72.9 Å². The van der Waals surface area contributed by atoms with Gasteiger partial charge < -0.3 is 29.7 Å². The van der Waals surface area contributed by atoms with Crippen LogP contribution < -0.4 is 15.3 Å². The molecule has 137 valence electrons. The summed E-state index contributed by atoms with van der Waals surface area (Å²) in [7, 11) is 0. The van der Waals surface area contributed by atoms with Crippen LogP contribution in [0.5, 0.6) is 0 Å². The number of aliphatic carboxylic acids is 3. The Morgan fingerprint density at radius 3 is 0.840 bits per heavy atom. The van der Waals surface area contributed by atoms with Gasteiger partial charge in [-0.3, -0.25) is 0 Å². The molecule has 0 atom stereocenters. The summed E-state index contributed by atoms with van der Waals surface area (Å²) in [5.74, 6) is -3.49. The van der Waals surface area contributed by atoms with Crippen LogP contribution >= 0.6 is 0 Å². The zero-order valence-electron chi connectivity index (χ0n) is 14.2. The van der Waals surface area contributed by atoms with Crippen LogP contribution in [-0.4, -0.2) is 17.9 Å². The molecule has 0 aromatic heterocycles. The number of hydrogen-bond acceptors (Lipinski definition) is 6. The largest absolute Gasteiger partial charge is 3.00 e. The first-order valence-electron chi connectivity index (χ1n) is 6.82. The predicted molar refractivity (Wildman–Crippen MR) is 86.9 cm³/mol. The monoisotopic (exact) mass is 389 g/mol. The van der Waals surface area contributed by atoms with E-state index in [1.54, 1.807) is 57.2 Å². The molecule has 0 rings (SSSR count). The zero-order valence-corrected chi connectivity index (χ0v) is 15.3. The predicted octanol–water partition coefficient (Wildman–Crippen LogP) is -0.397. The van der Waals surface area contributed by atoms with Crippen LogP contribution in [0.3, 0.4) is 0 Å². The SMILES string of the molecule is C/C=C/C=C/C(=O)[O-].C/C=C/C=C/C(=O)[O-].C/C=C/C=C/C(=O)[O-].[Fe+3]. The van der Waals surface area contributed by atoms with Crippen molar-refractivity contribution in [2.24, 2.45) is 0 Å². The van der Waals surface area contributed by atoms with Crippen LogP contribution in [0, 0.1) is 0 Å². The van der Waals surface area contributed by atoms with E-state index in [2.05, 4.69) is 0 Å². The Labute approximate surface area is 158 Å². The maximum Gasteiger partial charge on any atom is 3.00 e. The van der Waals surface area contributed by atoms with Gasteiger partial charge in [0.25, 0.3) is 0 Å². The quantitative estimate of drug-likeness (QED) is 0.346. The Balaban J connectivity index is -0.000000130. The van der Waals surface area contributed by atoms with Crippen LogP contribution in [0.4, 0.5) is 0 Å². The second-order valence-corrected chi connectivity index (χ2v) is 3.61. The molecule has 0 aliphatic heterocycles. The summed E-state index contributed by atoms with van der Waals surface area (Å²) < 4.78 is 0. The van der Waals surface area contributed by atoms with E-state index in [-0.39, 0.29) is 17.1 Å². The Kier molecular flexibility index (Phi) is 31.8. The Hall–Kier alpha value is -2.63. The van der Waals surface area contributed by atoms with Crippen LogP contribution in [0.25, 0.3) is 0 Å². The van der Waals surface area contributed by atoms with E-state index in [4.69, 9.17) is 0 Å². The Morgan fingerprint density at radius 1 is 0.520 bits per heavy atom. The maximum atomic E-state index is 9.64. The van der Waals surface area contributed by atoms with Gasteiger partial charge in [-0.05, 0) is 39.0 Å². The summed E-state index contributed by atoms with van der Waals surface area (Å²) in [6, 6.07) is 0. The van der Waals surface area contributed by atoms with Crippen molar-refractivity contribution in [3.8, 4) is 0 Å². The second-order valence-electron chi connectivity index (χ2n) is 3.61. The van der Waals surface area contributed by atoms with Gasteiger partial charge in [-0.2, -0.15) is 0 Å². The van der Waals surface area contributed by atoms with E-state index in [0.29, 0.717) is 0 Å². The number of carbonyl (C=O) groups is 3. The van der Waals surface area contributed by atoms with Crippen LogP contribution in [0.1, 0.15) is 20.8 Å². The molecule has 7 heteroatoms. The fourth-order valence-electron chi connectivity index (χ4n) is 0.736. The van der Waals surface area contributed by atoms with Gasteiger partial charge in [-0.25, -0.2) is 0 Å². The number of carboxylic acids is 3. The first kappa shape index (κ1) is 30.3. The summed E-state index contributed by atoms with van der Waals surface area (Å²) in [6.45, 7) is 5.42. The molecule has 0 aromatic rings. The molecule has 0 unspecified atom stereocenters. The van der Waals surface area contributed by atoms with E-state index < -0.39 is 17.9 Å². The van der Waals surface area contributed by atoms with Crippen LogP contribution in [0.2, 0.25) is 0 Å². The van der Waals surface area contributed by atoms with Crippen molar-refractivity contribution < 1.29 is 46.8 Å². The molecule has 6 nitrogen and oxygen atoms in total. The number of hydrogen-bond donors (Lipinski definition) is 0. The van der Waals surface area contributed by atoms with Gasteiger partial charge >= 0.3 is 17.1 Å². The van der Waals surface area contributed by atoms with Crippen molar-refractivity contribution in [1.29, 1.82) is 0 Å². The van der Waals surface area contributed by atoms with Crippen molar-refractivity contribution in [2.45, 2.75) is 20.8 Å². The smallest absolute Gasteiger partial charge is 0.545 e. The molecule has 0 spiro atoms. The Morgan fingerprint density at radius 2 is 0.720 bits per heavy atom. The van der Waals surface area contributed by atoms with E-state index >= 15 is 0 Å². The van der Waals surface area contributed by atoms with Crippen molar-refractivity contribution >= 4 is 17.9 Å². The summed E-state index contributed by atoms with van der Waals surface area (Å²) >= 11 is 0. The van der Waals surface area contributed by atoms with Crippen LogP contribution in [-0.2, 0) is 31.5 Å². The van der Waals surface area contributed by atoms with Gasteiger partial charge in [0.15, 0.2) is 0 Å². The first-order valence-corrected chi connectivity index (χ1v) is 6.82. The van der Waals surface area contributed by atoms with Gasteiger partial charge in [0.2, 0.25) is 0 Å². The fraction of sp³-hybridized carbons (Fsp3) is 0.167. The average Bonchev–Trinajstić information content (AvgIpc) is 2.48. The zero-order chi connectivity index (χ0) is 19.2. The summed E-state index contributed by atoms with van der Waals surface area (Å²) in [4.78, 5) is 28.9. The molecular weight excluding hydrogens is 368 g/mol. The third kappa shape index (κ3) is 52.4. The minimum atomic E-state index is -1.16. The molecule has 0 aromatic carbocycles. The second kappa shape index (κ2) is 26.3. The molecule has 0 saturated carbocycles. The first-order chi connectivity index (χ1) is 11.3. The molecule has 0 aliphatic carbocycles. The van der Waals surface area contributed by atoms with Crippen molar-refractivity contribution in [3.05, 3.63) is 72.9 Å². The molecule has 0 aliphatic rings. The van der Waals surface area contributed by atoms with Gasteiger partial charge in [0.05, 0.1) is 17.9 Å². The van der Waals surface area contributed by atoms with Crippen molar-refractivity contribution in [3.63, 3.8) is 0 Å². The molecular formula is C18H21FeO6.